The first-order valence-corrected chi connectivity index (χ1v) is 12.9. The van der Waals surface area contributed by atoms with Gasteiger partial charge in [0.15, 0.2) is 6.61 Å². The van der Waals surface area contributed by atoms with E-state index in [0.717, 1.165) is 17.5 Å². The molecule has 0 aliphatic carbocycles. The summed E-state index contributed by atoms with van der Waals surface area (Å²) in [5, 5.41) is 4.02. The largest absolute Gasteiger partial charge is 0.483 e. The van der Waals surface area contributed by atoms with Crippen molar-refractivity contribution in [3.63, 3.8) is 0 Å². The molecule has 1 unspecified atom stereocenters. The van der Waals surface area contributed by atoms with E-state index < -0.39 is 6.04 Å². The Kier molecular flexibility index (Phi) is 10.5. The van der Waals surface area contributed by atoms with Crippen molar-refractivity contribution < 1.29 is 14.3 Å². The molecule has 0 saturated heterocycles. The number of carbonyl (C=O) groups excluding carboxylic acids is 2. The molecule has 0 aliphatic heterocycles. The minimum Gasteiger partial charge on any atom is -0.483 e. The van der Waals surface area contributed by atoms with E-state index in [9.17, 15) is 9.59 Å². The van der Waals surface area contributed by atoms with Gasteiger partial charge in [-0.15, -0.1) is 0 Å². The summed E-state index contributed by atoms with van der Waals surface area (Å²) in [5.41, 5.74) is 1.69. The van der Waals surface area contributed by atoms with Gasteiger partial charge in [-0.3, -0.25) is 9.59 Å². The summed E-state index contributed by atoms with van der Waals surface area (Å²) in [5.74, 6) is -0.0707. The van der Waals surface area contributed by atoms with Crippen LogP contribution in [-0.2, 0) is 22.6 Å². The maximum absolute atomic E-state index is 13.6. The maximum Gasteiger partial charge on any atom is 0.261 e. The number of carbonyl (C=O) groups is 2. The number of nitrogens with zero attached hydrogens (tertiary/aromatic N) is 1. The lowest BCUT2D eigenvalue weighted by Gasteiger charge is -2.31. The van der Waals surface area contributed by atoms with E-state index >= 15 is 0 Å². The molecule has 184 valence electrons. The first-order valence-electron chi connectivity index (χ1n) is 11.3. The summed E-state index contributed by atoms with van der Waals surface area (Å²) in [6.07, 6.45) is 1.15. The SMILES string of the molecule is CCCNC(=O)C(Cc1ccccc1)N(Cc1ccccc1Cl)C(=O)COc1ccc(Cl)cc1Br. The molecule has 3 aromatic carbocycles. The number of benzene rings is 3. The predicted octanol–water partition coefficient (Wildman–Crippen LogP) is 6.30. The average Bonchev–Trinajstić information content (AvgIpc) is 2.85. The van der Waals surface area contributed by atoms with Crippen LogP contribution in [-0.4, -0.2) is 35.9 Å². The van der Waals surface area contributed by atoms with E-state index in [1.54, 1.807) is 29.2 Å². The Bertz CT molecular complexity index is 1140. The fraction of sp³-hybridized carbons (Fsp3) is 0.259. The lowest BCUT2D eigenvalue weighted by Crippen LogP contribution is -2.51. The first-order chi connectivity index (χ1) is 16.9. The van der Waals surface area contributed by atoms with Crippen LogP contribution in [0.15, 0.2) is 77.3 Å². The topological polar surface area (TPSA) is 58.6 Å². The van der Waals surface area contributed by atoms with Gasteiger partial charge in [-0.25, -0.2) is 0 Å². The highest BCUT2D eigenvalue weighted by Crippen LogP contribution is 2.28. The summed E-state index contributed by atoms with van der Waals surface area (Å²) in [4.78, 5) is 28.4. The van der Waals surface area contributed by atoms with E-state index in [0.29, 0.717) is 33.2 Å². The molecule has 5 nitrogen and oxygen atoms in total. The fourth-order valence-corrected chi connectivity index (χ4v) is 4.54. The van der Waals surface area contributed by atoms with E-state index in [-0.39, 0.29) is 25.0 Å². The number of rotatable bonds is 11. The van der Waals surface area contributed by atoms with Gasteiger partial charge in [0.25, 0.3) is 5.91 Å². The molecule has 0 aromatic heterocycles. The summed E-state index contributed by atoms with van der Waals surface area (Å²) >= 11 is 15.8. The highest BCUT2D eigenvalue weighted by molar-refractivity contribution is 9.10. The zero-order valence-corrected chi connectivity index (χ0v) is 22.4. The summed E-state index contributed by atoms with van der Waals surface area (Å²) in [7, 11) is 0. The third-order valence-electron chi connectivity index (χ3n) is 5.36. The highest BCUT2D eigenvalue weighted by Gasteiger charge is 2.31. The van der Waals surface area contributed by atoms with Crippen LogP contribution in [0, 0.1) is 0 Å². The molecule has 0 saturated carbocycles. The molecule has 2 amide bonds. The number of hydrogen-bond donors (Lipinski definition) is 1. The van der Waals surface area contributed by atoms with E-state index in [1.807, 2.05) is 55.5 Å². The number of nitrogens with one attached hydrogen (secondary N) is 1. The standard InChI is InChI=1S/C27H27BrCl2N2O3/c1-2-14-31-27(34)24(15-19-8-4-3-5-9-19)32(17-20-10-6-7-11-23(20)30)26(33)18-35-25-13-12-21(29)16-22(25)28/h3-13,16,24H,2,14-15,17-18H2,1H3,(H,31,34). The van der Waals surface area contributed by atoms with Crippen LogP contribution < -0.4 is 10.1 Å². The summed E-state index contributed by atoms with van der Waals surface area (Å²) < 4.78 is 6.44. The van der Waals surface area contributed by atoms with Crippen LogP contribution in [0.1, 0.15) is 24.5 Å². The Morgan fingerprint density at radius 1 is 1.03 bits per heavy atom. The fourth-order valence-electron chi connectivity index (χ4n) is 3.54. The molecule has 3 rings (SSSR count). The second-order valence-corrected chi connectivity index (χ2v) is 9.67. The van der Waals surface area contributed by atoms with Crippen molar-refractivity contribution in [3.05, 3.63) is 98.4 Å². The molecule has 35 heavy (non-hydrogen) atoms. The predicted molar refractivity (Wildman–Crippen MR) is 144 cm³/mol. The van der Waals surface area contributed by atoms with Gasteiger partial charge >= 0.3 is 0 Å². The van der Waals surface area contributed by atoms with Crippen molar-refractivity contribution in [2.75, 3.05) is 13.2 Å². The monoisotopic (exact) mass is 576 g/mol. The van der Waals surface area contributed by atoms with Crippen molar-refractivity contribution in [2.45, 2.75) is 32.4 Å². The van der Waals surface area contributed by atoms with Gasteiger partial charge in [0.1, 0.15) is 11.8 Å². The molecule has 0 fully saturated rings. The van der Waals surface area contributed by atoms with Crippen LogP contribution in [0.3, 0.4) is 0 Å². The Morgan fingerprint density at radius 2 is 1.74 bits per heavy atom. The molecule has 1 N–H and O–H groups in total. The van der Waals surface area contributed by atoms with Gasteiger partial charge in [0.2, 0.25) is 5.91 Å². The summed E-state index contributed by atoms with van der Waals surface area (Å²) in [6, 6.07) is 21.3. The quantitative estimate of drug-likeness (QED) is 0.291. The van der Waals surface area contributed by atoms with Gasteiger partial charge in [-0.1, -0.05) is 78.7 Å². The molecule has 0 aliphatic rings. The molecule has 8 heteroatoms. The van der Waals surface area contributed by atoms with Crippen molar-refractivity contribution in [2.24, 2.45) is 0 Å². The molecule has 1 atom stereocenters. The van der Waals surface area contributed by atoms with Crippen molar-refractivity contribution in [3.8, 4) is 5.75 Å². The second kappa shape index (κ2) is 13.5. The Labute approximate surface area is 224 Å². The van der Waals surface area contributed by atoms with Crippen LogP contribution in [0.25, 0.3) is 0 Å². The zero-order valence-electron chi connectivity index (χ0n) is 19.3. The van der Waals surface area contributed by atoms with Gasteiger partial charge in [0, 0.05) is 29.6 Å². The molecule has 0 heterocycles. The third-order valence-corrected chi connectivity index (χ3v) is 6.59. The smallest absolute Gasteiger partial charge is 0.261 e. The van der Waals surface area contributed by atoms with Crippen LogP contribution in [0.2, 0.25) is 10.0 Å². The Balaban J connectivity index is 1.91. The summed E-state index contributed by atoms with van der Waals surface area (Å²) in [6.45, 7) is 2.42. The Hall–Kier alpha value is -2.54. The number of hydrogen-bond acceptors (Lipinski definition) is 3. The van der Waals surface area contributed by atoms with E-state index in [1.165, 1.54) is 0 Å². The molecule has 3 aromatic rings. The molecular formula is C27H27BrCl2N2O3. The normalized spacial score (nSPS) is 11.5. The van der Waals surface area contributed by atoms with Gasteiger partial charge in [0.05, 0.1) is 4.47 Å². The van der Waals surface area contributed by atoms with Crippen LogP contribution in [0.5, 0.6) is 5.75 Å². The lowest BCUT2D eigenvalue weighted by atomic mass is 10.0. The van der Waals surface area contributed by atoms with Gasteiger partial charge in [-0.2, -0.15) is 0 Å². The second-order valence-electron chi connectivity index (χ2n) is 7.97. The third kappa shape index (κ3) is 7.99. The first kappa shape index (κ1) is 27.1. The zero-order chi connectivity index (χ0) is 25.2. The van der Waals surface area contributed by atoms with Crippen molar-refractivity contribution >= 4 is 50.9 Å². The van der Waals surface area contributed by atoms with E-state index in [2.05, 4.69) is 21.2 Å². The minimum atomic E-state index is -0.745. The van der Waals surface area contributed by atoms with E-state index in [4.69, 9.17) is 27.9 Å². The minimum absolute atomic E-state index is 0.167. The Morgan fingerprint density at radius 3 is 2.43 bits per heavy atom. The van der Waals surface area contributed by atoms with Gasteiger partial charge < -0.3 is 15.0 Å². The van der Waals surface area contributed by atoms with Crippen molar-refractivity contribution in [1.82, 2.24) is 10.2 Å². The van der Waals surface area contributed by atoms with Gasteiger partial charge in [-0.05, 0) is 57.7 Å². The lowest BCUT2D eigenvalue weighted by molar-refractivity contribution is -0.142. The van der Waals surface area contributed by atoms with Crippen LogP contribution >= 0.6 is 39.1 Å². The molecule has 0 radical (unpaired) electrons. The van der Waals surface area contributed by atoms with Crippen molar-refractivity contribution in [1.29, 1.82) is 0 Å². The maximum atomic E-state index is 13.6. The van der Waals surface area contributed by atoms with Crippen LogP contribution in [0.4, 0.5) is 0 Å². The molecular weight excluding hydrogens is 551 g/mol. The highest BCUT2D eigenvalue weighted by atomic mass is 79.9. The average molecular weight is 578 g/mol. The number of halogens is 3. The molecule has 0 bridgehead atoms. The molecule has 0 spiro atoms. The number of amides is 2. The number of ether oxygens (including phenoxy) is 1.